The summed E-state index contributed by atoms with van der Waals surface area (Å²) in [4.78, 5) is 16.6. The Morgan fingerprint density at radius 2 is 1.76 bits per heavy atom. The molecule has 0 aliphatic rings. The average molecular weight is 358 g/mol. The van der Waals surface area contributed by atoms with Crippen molar-refractivity contribution in [1.82, 2.24) is 4.98 Å². The third kappa shape index (κ3) is 3.79. The molecule has 1 amide bonds. The van der Waals surface area contributed by atoms with Crippen molar-refractivity contribution in [3.05, 3.63) is 65.2 Å². The number of benzene rings is 2. The molecule has 0 unspecified atom stereocenters. The SMILES string of the molecule is Cc1cc(SCC(=O)Nc2c(F)cccc2F)nc2c(C)cccc12. The molecule has 1 heterocycles. The lowest BCUT2D eigenvalue weighted by atomic mass is 10.1. The normalized spacial score (nSPS) is 10.9. The second-order valence-corrected chi connectivity index (χ2v) is 6.68. The van der Waals surface area contributed by atoms with Crippen molar-refractivity contribution in [3.8, 4) is 0 Å². The highest BCUT2D eigenvalue weighted by molar-refractivity contribution is 7.99. The maximum Gasteiger partial charge on any atom is 0.234 e. The Bertz CT molecular complexity index is 939. The molecule has 3 aromatic rings. The Morgan fingerprint density at radius 1 is 1.08 bits per heavy atom. The van der Waals surface area contributed by atoms with Crippen LogP contribution in [0.4, 0.5) is 14.5 Å². The molecule has 3 rings (SSSR count). The van der Waals surface area contributed by atoms with Crippen LogP contribution in [0.15, 0.2) is 47.5 Å². The minimum absolute atomic E-state index is 0.0115. The second kappa shape index (κ2) is 7.19. The Labute approximate surface area is 148 Å². The number of hydrogen-bond donors (Lipinski definition) is 1. The maximum absolute atomic E-state index is 13.6. The van der Waals surface area contributed by atoms with E-state index in [1.54, 1.807) is 0 Å². The molecule has 3 nitrogen and oxygen atoms in total. The van der Waals surface area contributed by atoms with E-state index < -0.39 is 23.2 Å². The van der Waals surface area contributed by atoms with Gasteiger partial charge in [0.2, 0.25) is 5.91 Å². The minimum Gasteiger partial charge on any atom is -0.320 e. The van der Waals surface area contributed by atoms with Gasteiger partial charge in [-0.25, -0.2) is 13.8 Å². The first kappa shape index (κ1) is 17.4. The van der Waals surface area contributed by atoms with Gasteiger partial charge in [-0.3, -0.25) is 4.79 Å². The fourth-order valence-corrected chi connectivity index (χ4v) is 3.30. The molecule has 1 aromatic heterocycles. The molecular weight excluding hydrogens is 342 g/mol. The number of carbonyl (C=O) groups excluding carboxylic acids is 1. The Morgan fingerprint density at radius 3 is 2.48 bits per heavy atom. The molecule has 0 aliphatic carbocycles. The fourth-order valence-electron chi connectivity index (χ4n) is 2.54. The number of fused-ring (bicyclic) bond motifs is 1. The number of pyridine rings is 1. The quantitative estimate of drug-likeness (QED) is 0.677. The molecule has 1 N–H and O–H groups in total. The number of nitrogens with one attached hydrogen (secondary N) is 1. The number of para-hydroxylation sites is 2. The van der Waals surface area contributed by atoms with E-state index in [1.165, 1.54) is 17.8 Å². The highest BCUT2D eigenvalue weighted by atomic mass is 32.2. The fraction of sp³-hybridized carbons (Fsp3) is 0.158. The molecule has 6 heteroatoms. The first-order valence-electron chi connectivity index (χ1n) is 7.69. The molecule has 0 spiro atoms. The van der Waals surface area contributed by atoms with Crippen molar-refractivity contribution in [1.29, 1.82) is 0 Å². The van der Waals surface area contributed by atoms with Crippen molar-refractivity contribution in [2.75, 3.05) is 11.1 Å². The van der Waals surface area contributed by atoms with Crippen LogP contribution in [0, 0.1) is 25.5 Å². The van der Waals surface area contributed by atoms with Gasteiger partial charge in [-0.1, -0.05) is 36.0 Å². The van der Waals surface area contributed by atoms with Gasteiger partial charge in [-0.15, -0.1) is 0 Å². The molecule has 0 saturated heterocycles. The molecule has 0 radical (unpaired) electrons. The number of amides is 1. The monoisotopic (exact) mass is 358 g/mol. The predicted octanol–water partition coefficient (Wildman–Crippen LogP) is 4.86. The summed E-state index contributed by atoms with van der Waals surface area (Å²) in [6.45, 7) is 3.97. The molecule has 2 aromatic carbocycles. The molecule has 128 valence electrons. The van der Waals surface area contributed by atoms with E-state index in [-0.39, 0.29) is 5.75 Å². The minimum atomic E-state index is -0.798. The zero-order chi connectivity index (χ0) is 18.0. The van der Waals surface area contributed by atoms with Crippen LogP contribution < -0.4 is 5.32 Å². The van der Waals surface area contributed by atoms with Crippen molar-refractivity contribution in [2.24, 2.45) is 0 Å². The number of hydrogen-bond acceptors (Lipinski definition) is 3. The molecule has 0 atom stereocenters. The van der Waals surface area contributed by atoms with Crippen LogP contribution in [0.3, 0.4) is 0 Å². The van der Waals surface area contributed by atoms with Crippen molar-refractivity contribution in [2.45, 2.75) is 18.9 Å². The van der Waals surface area contributed by atoms with Crippen LogP contribution in [0.2, 0.25) is 0 Å². The third-order valence-electron chi connectivity index (χ3n) is 3.80. The van der Waals surface area contributed by atoms with Crippen LogP contribution in [0.25, 0.3) is 10.9 Å². The summed E-state index contributed by atoms with van der Waals surface area (Å²) in [5, 5.41) is 4.04. The zero-order valence-electron chi connectivity index (χ0n) is 13.8. The number of anilines is 1. The van der Waals surface area contributed by atoms with E-state index in [0.717, 1.165) is 34.2 Å². The third-order valence-corrected chi connectivity index (χ3v) is 4.71. The van der Waals surface area contributed by atoms with Gasteiger partial charge < -0.3 is 5.32 Å². The van der Waals surface area contributed by atoms with Gasteiger partial charge in [0.15, 0.2) is 0 Å². The summed E-state index contributed by atoms with van der Waals surface area (Å²) >= 11 is 1.23. The molecule has 0 bridgehead atoms. The van der Waals surface area contributed by atoms with Gasteiger partial charge in [0.1, 0.15) is 17.3 Å². The zero-order valence-corrected chi connectivity index (χ0v) is 14.6. The van der Waals surface area contributed by atoms with Gasteiger partial charge >= 0.3 is 0 Å². The van der Waals surface area contributed by atoms with E-state index in [4.69, 9.17) is 0 Å². The maximum atomic E-state index is 13.6. The van der Waals surface area contributed by atoms with E-state index in [2.05, 4.69) is 10.3 Å². The van der Waals surface area contributed by atoms with Gasteiger partial charge in [-0.2, -0.15) is 0 Å². The summed E-state index contributed by atoms with van der Waals surface area (Å²) in [5.41, 5.74) is 2.59. The smallest absolute Gasteiger partial charge is 0.234 e. The largest absolute Gasteiger partial charge is 0.320 e. The summed E-state index contributed by atoms with van der Waals surface area (Å²) in [7, 11) is 0. The highest BCUT2D eigenvalue weighted by Gasteiger charge is 2.13. The first-order chi connectivity index (χ1) is 12.0. The van der Waals surface area contributed by atoms with Gasteiger partial charge in [0, 0.05) is 5.39 Å². The summed E-state index contributed by atoms with van der Waals surface area (Å²) in [6.07, 6.45) is 0. The van der Waals surface area contributed by atoms with Crippen LogP contribution in [0.1, 0.15) is 11.1 Å². The topological polar surface area (TPSA) is 42.0 Å². The van der Waals surface area contributed by atoms with Crippen LogP contribution >= 0.6 is 11.8 Å². The number of halogens is 2. The lowest BCUT2D eigenvalue weighted by molar-refractivity contribution is -0.113. The summed E-state index contributed by atoms with van der Waals surface area (Å²) in [5.74, 6) is -2.07. The number of thioether (sulfide) groups is 1. The summed E-state index contributed by atoms with van der Waals surface area (Å²) < 4.78 is 27.1. The highest BCUT2D eigenvalue weighted by Crippen LogP contribution is 2.26. The number of aromatic nitrogens is 1. The lowest BCUT2D eigenvalue weighted by Gasteiger charge is -2.09. The van der Waals surface area contributed by atoms with Crippen LogP contribution in [-0.2, 0) is 4.79 Å². The molecule has 0 fully saturated rings. The average Bonchev–Trinajstić information content (AvgIpc) is 2.57. The van der Waals surface area contributed by atoms with Gasteiger partial charge in [0.25, 0.3) is 0 Å². The van der Waals surface area contributed by atoms with Gasteiger partial charge in [0.05, 0.1) is 16.3 Å². The summed E-state index contributed by atoms with van der Waals surface area (Å²) in [6, 6.07) is 11.3. The van der Waals surface area contributed by atoms with Crippen molar-refractivity contribution >= 4 is 34.3 Å². The lowest BCUT2D eigenvalue weighted by Crippen LogP contribution is -2.16. The molecule has 25 heavy (non-hydrogen) atoms. The number of nitrogens with zero attached hydrogens (tertiary/aromatic N) is 1. The van der Waals surface area contributed by atoms with Gasteiger partial charge in [-0.05, 0) is 43.2 Å². The Kier molecular flexibility index (Phi) is 4.99. The van der Waals surface area contributed by atoms with E-state index in [1.807, 2.05) is 38.1 Å². The van der Waals surface area contributed by atoms with E-state index in [0.29, 0.717) is 5.03 Å². The number of rotatable bonds is 4. The Hall–Kier alpha value is -2.47. The van der Waals surface area contributed by atoms with Crippen LogP contribution in [0.5, 0.6) is 0 Å². The predicted molar refractivity (Wildman–Crippen MR) is 96.9 cm³/mol. The standard InChI is InChI=1S/C19H16F2N2OS/c1-11-5-3-6-13-12(2)9-17(23-18(11)13)25-10-16(24)22-19-14(20)7-4-8-15(19)21/h3-9H,10H2,1-2H3,(H,22,24). The van der Waals surface area contributed by atoms with Crippen molar-refractivity contribution < 1.29 is 13.6 Å². The molecule has 0 aliphatic heterocycles. The van der Waals surface area contributed by atoms with E-state index in [9.17, 15) is 13.6 Å². The first-order valence-corrected chi connectivity index (χ1v) is 8.68. The van der Waals surface area contributed by atoms with Crippen molar-refractivity contribution in [3.63, 3.8) is 0 Å². The Balaban J connectivity index is 1.74. The molecule has 0 saturated carbocycles. The van der Waals surface area contributed by atoms with E-state index >= 15 is 0 Å². The molecular formula is C19H16F2N2OS. The van der Waals surface area contributed by atoms with Crippen LogP contribution in [-0.4, -0.2) is 16.6 Å². The number of carbonyl (C=O) groups is 1. The number of aryl methyl sites for hydroxylation is 2. The second-order valence-electron chi connectivity index (χ2n) is 5.68.